The van der Waals surface area contributed by atoms with Crippen molar-refractivity contribution in [1.82, 2.24) is 4.98 Å². The lowest BCUT2D eigenvalue weighted by Gasteiger charge is -2.09. The van der Waals surface area contributed by atoms with Crippen LogP contribution in [0.15, 0.2) is 36.5 Å². The minimum Gasteiger partial charge on any atom is -0.373 e. The number of hydrogen-bond donors (Lipinski definition) is 2. The number of nitrogens with zero attached hydrogens (tertiary/aromatic N) is 1. The van der Waals surface area contributed by atoms with Crippen LogP contribution >= 0.6 is 0 Å². The van der Waals surface area contributed by atoms with Crippen molar-refractivity contribution in [3.05, 3.63) is 42.1 Å². The normalized spacial score (nSPS) is 15.1. The summed E-state index contributed by atoms with van der Waals surface area (Å²) in [5.74, 6) is 0. The smallest absolute Gasteiger partial charge is 0.187 e. The van der Waals surface area contributed by atoms with Crippen LogP contribution < -0.4 is 0 Å². The van der Waals surface area contributed by atoms with E-state index >= 15 is 0 Å². The van der Waals surface area contributed by atoms with Crippen molar-refractivity contribution in [2.45, 2.75) is 5.44 Å². The number of fused-ring (bicyclic) bond motifs is 1. The highest BCUT2D eigenvalue weighted by molar-refractivity contribution is 7.79. The summed E-state index contributed by atoms with van der Waals surface area (Å²) in [4.78, 5) is 4.09. The Bertz CT molecular complexity index is 509. The first-order valence-corrected chi connectivity index (χ1v) is 5.48. The molecule has 2 rings (SSSR count). The van der Waals surface area contributed by atoms with Gasteiger partial charge in [-0.2, -0.15) is 0 Å². The van der Waals surface area contributed by atoms with Crippen molar-refractivity contribution in [3.63, 3.8) is 0 Å². The zero-order valence-corrected chi connectivity index (χ0v) is 8.52. The molecule has 2 unspecified atom stereocenters. The Labute approximate surface area is 88.9 Å². The molecule has 0 fully saturated rings. The molecule has 0 aliphatic carbocycles. The quantitative estimate of drug-likeness (QED) is 0.756. The summed E-state index contributed by atoms with van der Waals surface area (Å²) >= 11 is -2.29. The summed E-state index contributed by atoms with van der Waals surface area (Å²) in [6.07, 6.45) is 1.51. The van der Waals surface area contributed by atoms with Crippen LogP contribution in [0, 0.1) is 0 Å². The van der Waals surface area contributed by atoms with Crippen molar-refractivity contribution in [2.24, 2.45) is 0 Å². The van der Waals surface area contributed by atoms with Gasteiger partial charge in [-0.15, -0.1) is 0 Å². The van der Waals surface area contributed by atoms with Gasteiger partial charge in [0.05, 0.1) is 5.52 Å². The van der Waals surface area contributed by atoms with E-state index < -0.39 is 16.5 Å². The maximum Gasteiger partial charge on any atom is 0.187 e. The standard InChI is InChI=1S/C10H9NO3S/c12-10(15(13)14)8-5-6-11-9-4-2-1-3-7(8)9/h1-6,10,12H,(H,13,14). The highest BCUT2D eigenvalue weighted by Gasteiger charge is 2.16. The summed E-state index contributed by atoms with van der Waals surface area (Å²) in [7, 11) is 0. The van der Waals surface area contributed by atoms with Crippen molar-refractivity contribution in [2.75, 3.05) is 0 Å². The molecule has 0 aliphatic rings. The molecule has 1 heterocycles. The number of pyridine rings is 1. The van der Waals surface area contributed by atoms with Gasteiger partial charge in [0.15, 0.2) is 16.5 Å². The Morgan fingerprint density at radius 3 is 2.73 bits per heavy atom. The lowest BCUT2D eigenvalue weighted by Crippen LogP contribution is -2.05. The van der Waals surface area contributed by atoms with E-state index in [9.17, 15) is 9.32 Å². The van der Waals surface area contributed by atoms with Crippen LogP contribution in [0.2, 0.25) is 0 Å². The number of rotatable bonds is 2. The minimum absolute atomic E-state index is 0.418. The van der Waals surface area contributed by atoms with E-state index in [2.05, 4.69) is 4.98 Å². The van der Waals surface area contributed by atoms with E-state index in [-0.39, 0.29) is 0 Å². The van der Waals surface area contributed by atoms with Gasteiger partial charge in [-0.05, 0) is 12.1 Å². The number of aliphatic hydroxyl groups excluding tert-OH is 1. The largest absolute Gasteiger partial charge is 0.373 e. The third-order valence-electron chi connectivity index (χ3n) is 2.14. The molecule has 78 valence electrons. The molecule has 15 heavy (non-hydrogen) atoms. The fourth-order valence-electron chi connectivity index (χ4n) is 1.44. The fraction of sp³-hybridized carbons (Fsp3) is 0.100. The molecule has 4 nitrogen and oxygen atoms in total. The predicted molar refractivity (Wildman–Crippen MR) is 57.5 cm³/mol. The first kappa shape index (κ1) is 10.2. The van der Waals surface area contributed by atoms with E-state index in [1.54, 1.807) is 24.3 Å². The topological polar surface area (TPSA) is 70.4 Å². The van der Waals surface area contributed by atoms with Crippen molar-refractivity contribution in [3.8, 4) is 0 Å². The molecule has 2 N–H and O–H groups in total. The molecule has 5 heteroatoms. The van der Waals surface area contributed by atoms with Gasteiger partial charge in [-0.25, -0.2) is 4.21 Å². The Hall–Kier alpha value is -1.30. The second kappa shape index (κ2) is 4.06. The third kappa shape index (κ3) is 1.90. The summed E-state index contributed by atoms with van der Waals surface area (Å²) in [5, 5.41) is 10.2. The number of aliphatic hydroxyl groups is 1. The molecular formula is C10H9NO3S. The third-order valence-corrected chi connectivity index (χ3v) is 2.78. The van der Waals surface area contributed by atoms with Crippen LogP contribution in [-0.4, -0.2) is 18.9 Å². The molecule has 1 aromatic heterocycles. The maximum absolute atomic E-state index is 10.8. The van der Waals surface area contributed by atoms with Crippen LogP contribution in [0.5, 0.6) is 0 Å². The van der Waals surface area contributed by atoms with Crippen LogP contribution in [0.4, 0.5) is 0 Å². The maximum atomic E-state index is 10.8. The fourth-order valence-corrected chi connectivity index (χ4v) is 1.86. The van der Waals surface area contributed by atoms with Crippen LogP contribution in [-0.2, 0) is 11.1 Å². The average Bonchev–Trinajstić information content (AvgIpc) is 2.27. The number of aromatic nitrogens is 1. The zero-order valence-electron chi connectivity index (χ0n) is 7.70. The number of hydrogen-bond acceptors (Lipinski definition) is 3. The minimum atomic E-state index is -2.29. The van der Waals surface area contributed by atoms with E-state index in [1.165, 1.54) is 6.20 Å². The molecule has 1 aromatic carbocycles. The molecule has 0 saturated heterocycles. The first-order chi connectivity index (χ1) is 7.20. The Balaban J connectivity index is 2.65. The number of benzene rings is 1. The average molecular weight is 223 g/mol. The summed E-state index contributed by atoms with van der Waals surface area (Å²) in [6.45, 7) is 0. The van der Waals surface area contributed by atoms with Gasteiger partial charge in [0.2, 0.25) is 0 Å². The van der Waals surface area contributed by atoms with E-state index in [0.717, 1.165) is 0 Å². The molecule has 0 radical (unpaired) electrons. The molecule has 2 atom stereocenters. The molecule has 2 aromatic rings. The van der Waals surface area contributed by atoms with E-state index in [4.69, 9.17) is 4.55 Å². The highest BCUT2D eigenvalue weighted by atomic mass is 32.2. The van der Waals surface area contributed by atoms with Crippen LogP contribution in [0.1, 0.15) is 11.0 Å². The van der Waals surface area contributed by atoms with Crippen molar-refractivity contribution >= 4 is 22.0 Å². The molecule has 0 saturated carbocycles. The summed E-state index contributed by atoms with van der Waals surface area (Å²) in [5.41, 5.74) is -0.279. The van der Waals surface area contributed by atoms with Gasteiger partial charge in [-0.3, -0.25) is 4.98 Å². The van der Waals surface area contributed by atoms with Crippen molar-refractivity contribution < 1.29 is 13.9 Å². The molecular weight excluding hydrogens is 214 g/mol. The molecule has 0 bridgehead atoms. The van der Waals surface area contributed by atoms with Gasteiger partial charge in [0, 0.05) is 17.1 Å². The predicted octanol–water partition coefficient (Wildman–Crippen LogP) is 1.45. The Kier molecular flexibility index (Phi) is 2.77. The number of para-hydroxylation sites is 1. The van der Waals surface area contributed by atoms with Crippen LogP contribution in [0.25, 0.3) is 10.9 Å². The van der Waals surface area contributed by atoms with Gasteiger partial charge in [0.25, 0.3) is 0 Å². The van der Waals surface area contributed by atoms with Gasteiger partial charge in [0.1, 0.15) is 0 Å². The Morgan fingerprint density at radius 1 is 1.27 bits per heavy atom. The van der Waals surface area contributed by atoms with Gasteiger partial charge < -0.3 is 9.66 Å². The van der Waals surface area contributed by atoms with E-state index in [1.807, 2.05) is 6.07 Å². The highest BCUT2D eigenvalue weighted by Crippen LogP contribution is 2.23. The summed E-state index contributed by atoms with van der Waals surface area (Å²) in [6, 6.07) is 8.70. The van der Waals surface area contributed by atoms with Gasteiger partial charge in [-0.1, -0.05) is 18.2 Å². The van der Waals surface area contributed by atoms with Crippen LogP contribution in [0.3, 0.4) is 0 Å². The lowest BCUT2D eigenvalue weighted by molar-refractivity contribution is 0.253. The molecule has 0 spiro atoms. The molecule has 0 aliphatic heterocycles. The van der Waals surface area contributed by atoms with Crippen molar-refractivity contribution in [1.29, 1.82) is 0 Å². The second-order valence-electron chi connectivity index (χ2n) is 3.05. The second-order valence-corrected chi connectivity index (χ2v) is 4.04. The summed E-state index contributed by atoms with van der Waals surface area (Å²) < 4.78 is 19.6. The first-order valence-electron chi connectivity index (χ1n) is 4.31. The SMILES string of the molecule is O=S(O)C(O)c1ccnc2ccccc12. The van der Waals surface area contributed by atoms with Gasteiger partial charge >= 0.3 is 0 Å². The molecule has 0 amide bonds. The lowest BCUT2D eigenvalue weighted by atomic mass is 10.1. The Morgan fingerprint density at radius 2 is 2.00 bits per heavy atom. The van der Waals surface area contributed by atoms with E-state index in [0.29, 0.717) is 16.5 Å². The monoisotopic (exact) mass is 223 g/mol. The zero-order chi connectivity index (χ0) is 10.8.